The van der Waals surface area contributed by atoms with Gasteiger partial charge >= 0.3 is 0 Å². The van der Waals surface area contributed by atoms with Crippen molar-refractivity contribution >= 4 is 31.6 Å². The fraction of sp³-hybridized carbons (Fsp3) is 0.333. The molecule has 7 heteroatoms. The van der Waals surface area contributed by atoms with Crippen LogP contribution in [0.4, 0.5) is 5.69 Å². The van der Waals surface area contributed by atoms with E-state index in [4.69, 9.17) is 9.47 Å². The van der Waals surface area contributed by atoms with Gasteiger partial charge in [-0.15, -0.1) is 0 Å². The SMILES string of the molecule is Cc1ccc2c(c1)OC[C@@H]1N2S(=O)(=O)c2ccc(Br)cc2OC1(C)C. The van der Waals surface area contributed by atoms with Gasteiger partial charge < -0.3 is 9.47 Å². The van der Waals surface area contributed by atoms with Crippen LogP contribution in [0, 0.1) is 6.92 Å². The third-order valence-electron chi connectivity index (χ3n) is 4.65. The predicted molar refractivity (Wildman–Crippen MR) is 99.0 cm³/mol. The van der Waals surface area contributed by atoms with Gasteiger partial charge in [0.25, 0.3) is 10.0 Å². The van der Waals surface area contributed by atoms with E-state index in [9.17, 15) is 8.42 Å². The molecule has 0 radical (unpaired) electrons. The first-order chi connectivity index (χ1) is 11.7. The minimum absolute atomic E-state index is 0.166. The summed E-state index contributed by atoms with van der Waals surface area (Å²) in [7, 11) is -3.79. The van der Waals surface area contributed by atoms with Gasteiger partial charge in [0.15, 0.2) is 0 Å². The molecule has 1 atom stereocenters. The standard InChI is InChI=1S/C18H18BrNO4S/c1-11-4-6-13-14(8-11)23-10-17-18(2,3)24-15-9-12(19)5-7-16(15)25(21,22)20(13)17/h4-9,17H,10H2,1-3H3/t17-/m0/s1. The minimum Gasteiger partial charge on any atom is -0.489 e. The molecule has 0 unspecified atom stereocenters. The van der Waals surface area contributed by atoms with Gasteiger partial charge in [-0.2, -0.15) is 0 Å². The molecule has 0 saturated heterocycles. The van der Waals surface area contributed by atoms with E-state index >= 15 is 0 Å². The van der Waals surface area contributed by atoms with Gasteiger partial charge in [0.05, 0.1) is 5.69 Å². The number of hydrogen-bond acceptors (Lipinski definition) is 4. The molecule has 0 spiro atoms. The quantitative estimate of drug-likeness (QED) is 0.644. The van der Waals surface area contributed by atoms with Crippen LogP contribution in [0.5, 0.6) is 11.5 Å². The number of hydrogen-bond donors (Lipinski definition) is 0. The Balaban J connectivity index is 2.01. The van der Waals surface area contributed by atoms with E-state index in [1.165, 1.54) is 4.31 Å². The van der Waals surface area contributed by atoms with E-state index in [1.807, 2.05) is 32.9 Å². The number of fused-ring (bicyclic) bond motifs is 4. The van der Waals surface area contributed by atoms with E-state index in [1.54, 1.807) is 24.3 Å². The molecule has 5 nitrogen and oxygen atoms in total. The Hall–Kier alpha value is -1.73. The van der Waals surface area contributed by atoms with Crippen molar-refractivity contribution in [3.63, 3.8) is 0 Å². The van der Waals surface area contributed by atoms with Crippen molar-refractivity contribution < 1.29 is 17.9 Å². The monoisotopic (exact) mass is 423 g/mol. The van der Waals surface area contributed by atoms with E-state index in [0.717, 1.165) is 10.0 Å². The van der Waals surface area contributed by atoms with Crippen LogP contribution in [0.1, 0.15) is 19.4 Å². The zero-order valence-corrected chi connectivity index (χ0v) is 16.5. The van der Waals surface area contributed by atoms with E-state index in [0.29, 0.717) is 17.2 Å². The number of anilines is 1. The highest BCUT2D eigenvalue weighted by Gasteiger charge is 2.49. The smallest absolute Gasteiger partial charge is 0.268 e. The molecule has 0 aliphatic carbocycles. The van der Waals surface area contributed by atoms with Crippen LogP contribution >= 0.6 is 15.9 Å². The molecule has 2 aromatic carbocycles. The van der Waals surface area contributed by atoms with Crippen molar-refractivity contribution in [1.29, 1.82) is 0 Å². The van der Waals surface area contributed by atoms with Crippen molar-refractivity contribution in [2.45, 2.75) is 37.3 Å². The fourth-order valence-corrected chi connectivity index (χ4v) is 5.54. The molecule has 2 aliphatic heterocycles. The number of sulfonamides is 1. The van der Waals surface area contributed by atoms with Gasteiger partial charge in [0, 0.05) is 4.47 Å². The molecule has 0 N–H and O–H groups in total. The van der Waals surface area contributed by atoms with Crippen molar-refractivity contribution in [3.05, 3.63) is 46.4 Å². The molecular formula is C18H18BrNO4S. The zero-order valence-electron chi connectivity index (χ0n) is 14.1. The summed E-state index contributed by atoms with van der Waals surface area (Å²) < 4.78 is 41.2. The number of rotatable bonds is 0. The zero-order chi connectivity index (χ0) is 18.0. The van der Waals surface area contributed by atoms with Crippen LogP contribution in [0.3, 0.4) is 0 Å². The summed E-state index contributed by atoms with van der Waals surface area (Å²) in [5, 5.41) is 0. The van der Waals surface area contributed by atoms with E-state index in [-0.39, 0.29) is 11.5 Å². The van der Waals surface area contributed by atoms with Crippen LogP contribution < -0.4 is 13.8 Å². The van der Waals surface area contributed by atoms with Gasteiger partial charge in [-0.1, -0.05) is 22.0 Å². The Morgan fingerprint density at radius 2 is 1.92 bits per heavy atom. The summed E-state index contributed by atoms with van der Waals surface area (Å²) in [6, 6.07) is 10.1. The van der Waals surface area contributed by atoms with Crippen molar-refractivity contribution in [2.24, 2.45) is 0 Å². The Morgan fingerprint density at radius 1 is 1.16 bits per heavy atom. The molecule has 25 heavy (non-hydrogen) atoms. The largest absolute Gasteiger partial charge is 0.489 e. The molecule has 2 aliphatic rings. The maximum absolute atomic E-state index is 13.5. The number of halogens is 1. The van der Waals surface area contributed by atoms with Gasteiger partial charge in [-0.25, -0.2) is 8.42 Å². The lowest BCUT2D eigenvalue weighted by Crippen LogP contribution is -2.57. The number of benzene rings is 2. The highest BCUT2D eigenvalue weighted by atomic mass is 79.9. The Morgan fingerprint density at radius 3 is 2.68 bits per heavy atom. The van der Waals surface area contributed by atoms with Crippen molar-refractivity contribution in [3.8, 4) is 11.5 Å². The lowest BCUT2D eigenvalue weighted by molar-refractivity contribution is 0.0567. The predicted octanol–water partition coefficient (Wildman–Crippen LogP) is 3.88. The second kappa shape index (κ2) is 5.38. The third kappa shape index (κ3) is 2.52. The van der Waals surface area contributed by atoms with Crippen LogP contribution in [0.2, 0.25) is 0 Å². The van der Waals surface area contributed by atoms with E-state index in [2.05, 4.69) is 15.9 Å². The highest BCUT2D eigenvalue weighted by Crippen LogP contribution is 2.46. The first kappa shape index (κ1) is 16.7. The number of aryl methyl sites for hydroxylation is 1. The second-order valence-corrected chi connectivity index (χ2v) is 9.59. The normalized spacial score (nSPS) is 22.6. The molecule has 0 amide bonds. The molecule has 2 aromatic rings. The van der Waals surface area contributed by atoms with Gasteiger partial charge in [0.1, 0.15) is 34.6 Å². The van der Waals surface area contributed by atoms with Crippen LogP contribution in [0.25, 0.3) is 0 Å². The van der Waals surface area contributed by atoms with E-state index < -0.39 is 21.7 Å². The van der Waals surface area contributed by atoms with Crippen LogP contribution in [0.15, 0.2) is 45.8 Å². The lowest BCUT2D eigenvalue weighted by Gasteiger charge is -2.42. The average molecular weight is 424 g/mol. The molecule has 2 heterocycles. The summed E-state index contributed by atoms with van der Waals surface area (Å²) in [6.07, 6.45) is 0. The average Bonchev–Trinajstić information content (AvgIpc) is 2.58. The van der Waals surface area contributed by atoms with Gasteiger partial charge in [-0.05, 0) is 56.7 Å². The van der Waals surface area contributed by atoms with Crippen molar-refractivity contribution in [1.82, 2.24) is 0 Å². The van der Waals surface area contributed by atoms with Crippen molar-refractivity contribution in [2.75, 3.05) is 10.9 Å². The van der Waals surface area contributed by atoms with Crippen LogP contribution in [-0.2, 0) is 10.0 Å². The molecule has 132 valence electrons. The molecule has 0 fully saturated rings. The Bertz CT molecular complexity index is 971. The summed E-state index contributed by atoms with van der Waals surface area (Å²) >= 11 is 3.39. The number of ether oxygens (including phenoxy) is 2. The maximum Gasteiger partial charge on any atom is 0.268 e. The summed E-state index contributed by atoms with van der Waals surface area (Å²) in [5.41, 5.74) is 0.806. The number of nitrogens with zero attached hydrogens (tertiary/aromatic N) is 1. The Kier molecular flexibility index (Phi) is 3.60. The first-order valence-electron chi connectivity index (χ1n) is 7.96. The summed E-state index contributed by atoms with van der Waals surface area (Å²) in [4.78, 5) is 0.166. The summed E-state index contributed by atoms with van der Waals surface area (Å²) in [5.74, 6) is 0.929. The molecular weight excluding hydrogens is 406 g/mol. The second-order valence-electron chi connectivity index (χ2n) is 6.90. The van der Waals surface area contributed by atoms with Gasteiger partial charge in [0.2, 0.25) is 0 Å². The van der Waals surface area contributed by atoms with Crippen LogP contribution in [-0.4, -0.2) is 26.7 Å². The topological polar surface area (TPSA) is 55.8 Å². The Labute approximate surface area is 155 Å². The summed E-state index contributed by atoms with van der Waals surface area (Å²) in [6.45, 7) is 5.96. The van der Waals surface area contributed by atoms with Gasteiger partial charge in [-0.3, -0.25) is 4.31 Å². The highest BCUT2D eigenvalue weighted by molar-refractivity contribution is 9.10. The molecule has 0 saturated carbocycles. The molecule has 4 rings (SSSR count). The molecule has 0 bridgehead atoms. The fourth-order valence-electron chi connectivity index (χ4n) is 3.34. The molecule has 0 aromatic heterocycles. The first-order valence-corrected chi connectivity index (χ1v) is 10.2. The third-order valence-corrected chi connectivity index (χ3v) is 7.01. The maximum atomic E-state index is 13.5. The minimum atomic E-state index is -3.79. The lowest BCUT2D eigenvalue weighted by atomic mass is 9.97.